The fourth-order valence-corrected chi connectivity index (χ4v) is 6.23. The Morgan fingerprint density at radius 3 is 1.84 bits per heavy atom. The molecule has 1 aliphatic rings. The first-order valence-electron chi connectivity index (χ1n) is 13.1. The third-order valence-corrected chi connectivity index (χ3v) is 8.46. The lowest BCUT2D eigenvalue weighted by Gasteiger charge is -2.34. The largest absolute Gasteiger partial charge is 0.490 e. The van der Waals surface area contributed by atoms with Crippen LogP contribution < -0.4 is 18.7 Å². The van der Waals surface area contributed by atoms with Gasteiger partial charge in [-0.2, -0.15) is 8.42 Å². The van der Waals surface area contributed by atoms with E-state index in [9.17, 15) is 22.8 Å². The Kier molecular flexibility index (Phi) is 8.64. The van der Waals surface area contributed by atoms with Crippen molar-refractivity contribution in [3.05, 3.63) is 117 Å². The Balaban J connectivity index is 1.59. The smallest absolute Gasteiger partial charge is 0.343 e. The van der Waals surface area contributed by atoms with E-state index in [2.05, 4.69) is 0 Å². The molecule has 218 valence electrons. The highest BCUT2D eigenvalue weighted by atomic mass is 127. The van der Waals surface area contributed by atoms with E-state index in [0.717, 1.165) is 15.4 Å². The Hall–Kier alpha value is -4.49. The van der Waals surface area contributed by atoms with Crippen molar-refractivity contribution in [2.75, 3.05) is 16.4 Å². The molecule has 43 heavy (non-hydrogen) atoms. The summed E-state index contributed by atoms with van der Waals surface area (Å²) in [5, 5.41) is 0. The normalized spacial score (nSPS) is 13.7. The number of hydrogen-bond donors (Lipinski definition) is 0. The average Bonchev–Trinajstić information content (AvgIpc) is 2.98. The number of aryl methyl sites for hydroxylation is 1. The van der Waals surface area contributed by atoms with Crippen molar-refractivity contribution in [2.24, 2.45) is 0 Å². The highest BCUT2D eigenvalue weighted by Crippen LogP contribution is 2.38. The van der Waals surface area contributed by atoms with Crippen LogP contribution in [0.5, 0.6) is 11.5 Å². The van der Waals surface area contributed by atoms with Crippen LogP contribution in [-0.2, 0) is 19.7 Å². The van der Waals surface area contributed by atoms with Crippen LogP contribution in [0.4, 0.5) is 16.2 Å². The van der Waals surface area contributed by atoms with E-state index in [1.165, 1.54) is 24.3 Å². The van der Waals surface area contributed by atoms with Crippen molar-refractivity contribution in [2.45, 2.75) is 18.7 Å². The molecule has 9 nitrogen and oxygen atoms in total. The maximum Gasteiger partial charge on any atom is 0.343 e. The Labute approximate surface area is 262 Å². The molecular weight excluding hydrogens is 683 g/mol. The number of carbonyl (C=O) groups excluding carboxylic acids is 3. The first kappa shape index (κ1) is 30.0. The van der Waals surface area contributed by atoms with Crippen LogP contribution >= 0.6 is 22.6 Å². The van der Waals surface area contributed by atoms with Gasteiger partial charge in [0.2, 0.25) is 0 Å². The highest BCUT2D eigenvalue weighted by Gasteiger charge is 2.43. The molecule has 0 aromatic heterocycles. The van der Waals surface area contributed by atoms with Gasteiger partial charge in [-0.3, -0.25) is 9.59 Å². The molecule has 0 bridgehead atoms. The average molecular weight is 709 g/mol. The maximum absolute atomic E-state index is 13.7. The molecule has 0 N–H and O–H groups in total. The summed E-state index contributed by atoms with van der Waals surface area (Å²) < 4.78 is 37.7. The molecule has 0 atom stereocenters. The molecule has 1 fully saturated rings. The fourth-order valence-electron chi connectivity index (χ4n) is 4.38. The molecule has 0 radical (unpaired) electrons. The Morgan fingerprint density at radius 1 is 0.791 bits per heavy atom. The van der Waals surface area contributed by atoms with Gasteiger partial charge in [-0.25, -0.2) is 14.6 Å². The van der Waals surface area contributed by atoms with Crippen molar-refractivity contribution in [1.82, 2.24) is 0 Å². The minimum atomic E-state index is -4.19. The molecule has 0 unspecified atom stereocenters. The first-order valence-corrected chi connectivity index (χ1v) is 15.6. The van der Waals surface area contributed by atoms with Crippen molar-refractivity contribution >= 4 is 68.0 Å². The second-order valence-electron chi connectivity index (χ2n) is 9.41. The third-order valence-electron chi connectivity index (χ3n) is 6.42. The summed E-state index contributed by atoms with van der Waals surface area (Å²) >= 11 is 1.91. The number of urea groups is 1. The summed E-state index contributed by atoms with van der Waals surface area (Å²) in [6.07, 6.45) is 1.35. The van der Waals surface area contributed by atoms with E-state index in [1.54, 1.807) is 85.8 Å². The summed E-state index contributed by atoms with van der Waals surface area (Å²) in [4.78, 5) is 42.8. The topological polar surface area (TPSA) is 110 Å². The van der Waals surface area contributed by atoms with Gasteiger partial charge in [-0.1, -0.05) is 54.1 Å². The van der Waals surface area contributed by atoms with Crippen LogP contribution in [0.15, 0.2) is 108 Å². The molecule has 0 aliphatic carbocycles. The number of imide groups is 2. The second kappa shape index (κ2) is 12.4. The van der Waals surface area contributed by atoms with E-state index in [1.807, 2.05) is 29.5 Å². The molecule has 11 heteroatoms. The minimum Gasteiger partial charge on any atom is -0.490 e. The number of nitrogens with zero attached hydrogens (tertiary/aromatic N) is 2. The third kappa shape index (κ3) is 6.18. The van der Waals surface area contributed by atoms with Gasteiger partial charge < -0.3 is 8.92 Å². The van der Waals surface area contributed by atoms with Gasteiger partial charge in [0.05, 0.1) is 21.6 Å². The lowest BCUT2D eigenvalue weighted by Crippen LogP contribution is -2.57. The number of carbonyl (C=O) groups is 3. The number of anilines is 2. The predicted octanol–water partition coefficient (Wildman–Crippen LogP) is 6.35. The lowest BCUT2D eigenvalue weighted by atomic mass is 10.0. The zero-order valence-corrected chi connectivity index (χ0v) is 26.0. The van der Waals surface area contributed by atoms with Crippen LogP contribution in [0.25, 0.3) is 6.08 Å². The Bertz CT molecular complexity index is 1780. The van der Waals surface area contributed by atoms with E-state index >= 15 is 0 Å². The molecule has 5 rings (SSSR count). The second-order valence-corrected chi connectivity index (χ2v) is 12.1. The van der Waals surface area contributed by atoms with Crippen LogP contribution in [0, 0.1) is 10.5 Å². The molecule has 4 amide bonds. The lowest BCUT2D eigenvalue weighted by molar-refractivity contribution is -0.121. The maximum atomic E-state index is 13.7. The number of halogens is 1. The summed E-state index contributed by atoms with van der Waals surface area (Å²) in [7, 11) is -4.19. The number of rotatable bonds is 8. The zero-order valence-electron chi connectivity index (χ0n) is 23.1. The molecule has 0 saturated carbocycles. The number of benzene rings is 4. The van der Waals surface area contributed by atoms with E-state index in [-0.39, 0.29) is 28.6 Å². The van der Waals surface area contributed by atoms with Crippen molar-refractivity contribution in [3.8, 4) is 11.5 Å². The van der Waals surface area contributed by atoms with Crippen LogP contribution in [-0.4, -0.2) is 32.9 Å². The van der Waals surface area contributed by atoms with E-state index in [4.69, 9.17) is 8.92 Å². The molecule has 1 heterocycles. The van der Waals surface area contributed by atoms with Crippen LogP contribution in [0.3, 0.4) is 0 Å². The molecule has 4 aromatic carbocycles. The van der Waals surface area contributed by atoms with E-state index in [0.29, 0.717) is 20.5 Å². The van der Waals surface area contributed by atoms with Gasteiger partial charge in [0.1, 0.15) is 10.5 Å². The summed E-state index contributed by atoms with van der Waals surface area (Å²) in [6, 6.07) is 25.1. The molecule has 1 aliphatic heterocycles. The minimum absolute atomic E-state index is 0.0207. The number of barbiturate groups is 1. The van der Waals surface area contributed by atoms with Gasteiger partial charge in [0.25, 0.3) is 11.8 Å². The van der Waals surface area contributed by atoms with Gasteiger partial charge in [-0.05, 0) is 96.6 Å². The van der Waals surface area contributed by atoms with Crippen molar-refractivity contribution in [3.63, 3.8) is 0 Å². The molecule has 0 spiro atoms. The quantitative estimate of drug-likeness (QED) is 0.0909. The molecular formula is C32H25IN2O7S. The monoisotopic (exact) mass is 708 g/mol. The number of hydrogen-bond acceptors (Lipinski definition) is 7. The highest BCUT2D eigenvalue weighted by molar-refractivity contribution is 14.1. The summed E-state index contributed by atoms with van der Waals surface area (Å²) in [5.41, 5.74) is 1.58. The first-order chi connectivity index (χ1) is 20.6. The number of ether oxygens (including phenoxy) is 1. The standard InChI is InChI=1S/C32H25IN2O7S/c1-3-41-28-20-22(19-27(33)29(28)42-43(39,40)25-16-14-21(2)15-17-25)18-26-30(36)34(23-10-6-4-7-11-23)32(38)35(31(26)37)24-12-8-5-9-13-24/h4-20H,3H2,1-2H3. The number of amides is 4. The van der Waals surface area contributed by atoms with Crippen LogP contribution in [0.1, 0.15) is 18.1 Å². The van der Waals surface area contributed by atoms with Crippen molar-refractivity contribution in [1.29, 1.82) is 0 Å². The molecule has 1 saturated heterocycles. The van der Waals surface area contributed by atoms with Gasteiger partial charge in [-0.15, -0.1) is 0 Å². The number of para-hydroxylation sites is 2. The summed E-state index contributed by atoms with van der Waals surface area (Å²) in [5.74, 6) is -1.53. The van der Waals surface area contributed by atoms with Crippen molar-refractivity contribution < 1.29 is 31.7 Å². The van der Waals surface area contributed by atoms with Crippen LogP contribution in [0.2, 0.25) is 0 Å². The summed E-state index contributed by atoms with van der Waals surface area (Å²) in [6.45, 7) is 3.76. The SMILES string of the molecule is CCOc1cc(C=C2C(=O)N(c3ccccc3)C(=O)N(c3ccccc3)C2=O)cc(I)c1OS(=O)(=O)c1ccc(C)cc1. The Morgan fingerprint density at radius 2 is 1.33 bits per heavy atom. The fraction of sp³-hybridized carbons (Fsp3) is 0.0938. The van der Waals surface area contributed by atoms with Gasteiger partial charge >= 0.3 is 16.1 Å². The zero-order chi connectivity index (χ0) is 30.7. The van der Waals surface area contributed by atoms with Gasteiger partial charge in [0, 0.05) is 0 Å². The predicted molar refractivity (Wildman–Crippen MR) is 171 cm³/mol. The van der Waals surface area contributed by atoms with E-state index < -0.39 is 28.0 Å². The van der Waals surface area contributed by atoms with Gasteiger partial charge in [0.15, 0.2) is 11.5 Å². The molecule has 4 aromatic rings.